The summed E-state index contributed by atoms with van der Waals surface area (Å²) in [5.41, 5.74) is 0. The minimum Gasteiger partial charge on any atom is -0.396 e. The van der Waals surface area contributed by atoms with E-state index in [0.717, 1.165) is 44.6 Å². The molecule has 0 aliphatic carbocycles. The number of aliphatic hydroxyl groups is 2. The van der Waals surface area contributed by atoms with Crippen molar-refractivity contribution < 1.29 is 31.3 Å². The van der Waals surface area contributed by atoms with Crippen LogP contribution < -0.4 is 0 Å². The van der Waals surface area contributed by atoms with Gasteiger partial charge in [0.15, 0.2) is 0 Å². The predicted molar refractivity (Wildman–Crippen MR) is 266 cm³/mol. The Balaban J connectivity index is -0.000000382. The van der Waals surface area contributed by atoms with Gasteiger partial charge in [0.1, 0.15) is 0 Å². The zero-order valence-electron chi connectivity index (χ0n) is 42.1. The molecule has 0 radical (unpaired) electrons. The van der Waals surface area contributed by atoms with Crippen LogP contribution in [0.4, 0.5) is 0 Å². The fraction of sp³-hybridized carbons (Fsp3) is 0.982. The van der Waals surface area contributed by atoms with E-state index in [1.165, 1.54) is 251 Å². The number of hydrogen-bond acceptors (Lipinski definition) is 3. The molecule has 0 aliphatic heterocycles. The number of unbranched alkanes of at least 4 members (excludes halogenated alkanes) is 31. The van der Waals surface area contributed by atoms with E-state index in [2.05, 4.69) is 53.4 Å². The quantitative estimate of drug-likeness (QED) is 0.0472. The summed E-state index contributed by atoms with van der Waals surface area (Å²) in [7, 11) is 0. The Kier molecular flexibility index (Phi) is 70.5. The summed E-state index contributed by atoms with van der Waals surface area (Å²) < 4.78 is 0. The second-order valence-corrected chi connectivity index (χ2v) is 18.6. The van der Waals surface area contributed by atoms with Crippen LogP contribution in [0.5, 0.6) is 0 Å². The summed E-state index contributed by atoms with van der Waals surface area (Å²) in [4.78, 5) is 2.59. The standard InChI is InChI=1S/C20H42.C19H40O.C16H34NO.W/c1-4-6-8-10-12-13-15-17-19-20(3)18-16-14-11-9-7-5-2;1-3-5-7-9-11-12-14-16-18-19(20)17-15-13-10-8-6-4-2;1-3-5-7-9-13-17(15-11-12-16-18)14-10-8-6-4-2;/h20H,4-19H2,1-3H3;19-20H,3-18H2,1-2H3;18H,1,3-16H2,2H3;/q;;-1;. The molecule has 0 aromatic carbocycles. The van der Waals surface area contributed by atoms with Crippen molar-refractivity contribution in [2.75, 3.05) is 26.2 Å². The van der Waals surface area contributed by atoms with Crippen molar-refractivity contribution in [1.29, 1.82) is 0 Å². The first-order chi connectivity index (χ1) is 28.5. The third-order valence-electron chi connectivity index (χ3n) is 12.3. The SMILES string of the molecule is CCCCCCCCCCC(C)CCCCCCCC.CCCCCCCCCCC(O)CCCCCCCC.[CH2-]CCCCCN(CCCCO)CCCCCC.[W]. The second kappa shape index (κ2) is 62.9. The Bertz CT molecular complexity index is 613. The van der Waals surface area contributed by atoms with E-state index >= 15 is 0 Å². The zero-order chi connectivity index (χ0) is 43.3. The van der Waals surface area contributed by atoms with Gasteiger partial charge in [-0.1, -0.05) is 266 Å². The Hall–Kier alpha value is 0.568. The number of aliphatic hydroxyl groups excluding tert-OH is 2. The van der Waals surface area contributed by atoms with Crippen LogP contribution in [0.25, 0.3) is 0 Å². The van der Waals surface area contributed by atoms with Crippen molar-refractivity contribution in [2.24, 2.45) is 5.92 Å². The van der Waals surface area contributed by atoms with Crippen LogP contribution >= 0.6 is 0 Å². The summed E-state index contributed by atoms with van der Waals surface area (Å²) in [6.45, 7) is 21.7. The third kappa shape index (κ3) is 65.3. The summed E-state index contributed by atoms with van der Waals surface area (Å²) >= 11 is 0. The molecule has 0 amide bonds. The van der Waals surface area contributed by atoms with Crippen molar-refractivity contribution in [3.8, 4) is 0 Å². The molecular weight excluding hydrogens is 890 g/mol. The molecular formula is C55H116NO2W-. The summed E-state index contributed by atoms with van der Waals surface area (Å²) in [5, 5.41) is 18.8. The van der Waals surface area contributed by atoms with Gasteiger partial charge in [-0.25, -0.2) is 0 Å². The molecule has 2 atom stereocenters. The van der Waals surface area contributed by atoms with E-state index in [0.29, 0.717) is 6.61 Å². The van der Waals surface area contributed by atoms with Crippen molar-refractivity contribution >= 4 is 0 Å². The molecule has 59 heavy (non-hydrogen) atoms. The Morgan fingerprint density at radius 1 is 0.356 bits per heavy atom. The number of nitrogens with zero attached hydrogens (tertiary/aromatic N) is 1. The van der Waals surface area contributed by atoms with E-state index in [4.69, 9.17) is 5.11 Å². The molecule has 360 valence electrons. The Morgan fingerprint density at radius 3 is 0.915 bits per heavy atom. The van der Waals surface area contributed by atoms with Crippen LogP contribution in [0, 0.1) is 12.8 Å². The molecule has 0 bridgehead atoms. The van der Waals surface area contributed by atoms with Gasteiger partial charge in [-0.2, -0.15) is 6.42 Å². The summed E-state index contributed by atoms with van der Waals surface area (Å²) in [6.07, 6.45) is 56.6. The maximum Gasteiger partial charge on any atom is 0.0540 e. The Morgan fingerprint density at radius 2 is 0.610 bits per heavy atom. The van der Waals surface area contributed by atoms with Crippen molar-refractivity contribution in [3.05, 3.63) is 6.92 Å². The monoisotopic (exact) mass is 1010 g/mol. The molecule has 0 fully saturated rings. The minimum absolute atomic E-state index is 0. The second-order valence-electron chi connectivity index (χ2n) is 18.6. The first-order valence-electron chi connectivity index (χ1n) is 27.3. The largest absolute Gasteiger partial charge is 0.396 e. The zero-order valence-corrected chi connectivity index (χ0v) is 45.1. The van der Waals surface area contributed by atoms with Crippen LogP contribution in [-0.4, -0.2) is 47.5 Å². The molecule has 0 spiro atoms. The van der Waals surface area contributed by atoms with Gasteiger partial charge in [0.2, 0.25) is 0 Å². The van der Waals surface area contributed by atoms with Gasteiger partial charge < -0.3 is 22.0 Å². The molecule has 0 rings (SSSR count). The molecule has 0 heterocycles. The molecule has 0 saturated heterocycles. The number of hydrogen-bond donors (Lipinski definition) is 2. The van der Waals surface area contributed by atoms with Crippen LogP contribution in [0.2, 0.25) is 0 Å². The van der Waals surface area contributed by atoms with E-state index in [1.54, 1.807) is 0 Å². The van der Waals surface area contributed by atoms with Crippen LogP contribution in [0.15, 0.2) is 0 Å². The molecule has 0 aromatic rings. The smallest absolute Gasteiger partial charge is 0.0540 e. The van der Waals surface area contributed by atoms with E-state index in [-0.39, 0.29) is 27.2 Å². The molecule has 2 unspecified atom stereocenters. The maximum absolute atomic E-state index is 9.92. The average molecular weight is 1010 g/mol. The molecule has 4 heteroatoms. The van der Waals surface area contributed by atoms with Crippen LogP contribution in [-0.2, 0) is 21.1 Å². The van der Waals surface area contributed by atoms with Gasteiger partial charge in [-0.3, -0.25) is 0 Å². The van der Waals surface area contributed by atoms with Gasteiger partial charge in [0.05, 0.1) is 6.10 Å². The van der Waals surface area contributed by atoms with Gasteiger partial charge in [-0.15, -0.1) is 0 Å². The van der Waals surface area contributed by atoms with Gasteiger partial charge in [-0.05, 0) is 64.1 Å². The topological polar surface area (TPSA) is 43.7 Å². The molecule has 2 N–H and O–H groups in total. The fourth-order valence-electron chi connectivity index (χ4n) is 8.10. The summed E-state index contributed by atoms with van der Waals surface area (Å²) in [6, 6.07) is 0. The van der Waals surface area contributed by atoms with Crippen molar-refractivity contribution in [1.82, 2.24) is 4.90 Å². The summed E-state index contributed by atoms with van der Waals surface area (Å²) in [5.74, 6) is 0.973. The first kappa shape index (κ1) is 66.2. The molecule has 3 nitrogen and oxygen atoms in total. The van der Waals surface area contributed by atoms with Crippen molar-refractivity contribution in [3.63, 3.8) is 0 Å². The van der Waals surface area contributed by atoms with E-state index < -0.39 is 0 Å². The normalized spacial score (nSPS) is 12.1. The predicted octanol–water partition coefficient (Wildman–Crippen LogP) is 18.6. The van der Waals surface area contributed by atoms with Gasteiger partial charge >= 0.3 is 0 Å². The Labute approximate surface area is 390 Å². The van der Waals surface area contributed by atoms with Crippen molar-refractivity contribution in [2.45, 2.75) is 317 Å². The maximum atomic E-state index is 9.92. The molecule has 0 aromatic heterocycles. The van der Waals surface area contributed by atoms with Gasteiger partial charge in [0.25, 0.3) is 0 Å². The third-order valence-corrected chi connectivity index (χ3v) is 12.3. The average Bonchev–Trinajstić information content (AvgIpc) is 3.23. The molecule has 0 saturated carbocycles. The van der Waals surface area contributed by atoms with Gasteiger partial charge in [0, 0.05) is 27.7 Å². The van der Waals surface area contributed by atoms with Crippen LogP contribution in [0.3, 0.4) is 0 Å². The minimum atomic E-state index is -0.0266. The molecule has 0 aliphatic rings. The van der Waals surface area contributed by atoms with Crippen LogP contribution in [0.1, 0.15) is 311 Å². The number of rotatable bonds is 46. The first-order valence-corrected chi connectivity index (χ1v) is 27.3. The van der Waals surface area contributed by atoms with E-state index in [1.807, 2.05) is 0 Å². The van der Waals surface area contributed by atoms with E-state index in [9.17, 15) is 5.11 Å². The fourth-order valence-corrected chi connectivity index (χ4v) is 8.10.